The van der Waals surface area contributed by atoms with E-state index in [0.717, 1.165) is 25.3 Å². The number of fused-ring (bicyclic) bond motifs is 2. The number of halogens is 6. The summed E-state index contributed by atoms with van der Waals surface area (Å²) >= 11 is 6.30. The van der Waals surface area contributed by atoms with Gasteiger partial charge in [-0.1, -0.05) is 11.6 Å². The Labute approximate surface area is 248 Å². The Kier molecular flexibility index (Phi) is 8.03. The van der Waals surface area contributed by atoms with Crippen LogP contribution in [0.1, 0.15) is 34.2 Å². The van der Waals surface area contributed by atoms with Gasteiger partial charge in [0.05, 0.1) is 28.4 Å². The zero-order valence-electron chi connectivity index (χ0n) is 23.3. The Bertz CT molecular complexity index is 1700. The molecule has 226 valence electrons. The lowest BCUT2D eigenvalue weighted by Gasteiger charge is -2.37. The molecule has 0 saturated heterocycles. The highest BCUT2D eigenvalue weighted by molar-refractivity contribution is 6.35. The van der Waals surface area contributed by atoms with E-state index in [9.17, 15) is 18.0 Å². The molecule has 7 nitrogen and oxygen atoms in total. The Hall–Kier alpha value is -3.90. The minimum absolute atomic E-state index is 0.0108. The van der Waals surface area contributed by atoms with Crippen LogP contribution in [0.15, 0.2) is 48.5 Å². The Morgan fingerprint density at radius 3 is 2.44 bits per heavy atom. The number of ether oxygens (including phenoxy) is 2. The number of carbonyl (C=O) groups excluding carboxylic acids is 1. The number of rotatable bonds is 9. The van der Waals surface area contributed by atoms with Gasteiger partial charge in [0, 0.05) is 36.1 Å². The number of alkyl halides is 4. The summed E-state index contributed by atoms with van der Waals surface area (Å²) in [6.07, 6.45) is 0. The third kappa shape index (κ3) is 5.27. The van der Waals surface area contributed by atoms with Crippen LogP contribution in [0.2, 0.25) is 5.02 Å². The highest BCUT2D eigenvalue weighted by Gasteiger charge is 2.55. The molecule has 1 N–H and O–H groups in total. The smallest absolute Gasteiger partial charge is 0.281 e. The van der Waals surface area contributed by atoms with E-state index in [-0.39, 0.29) is 33.2 Å². The standard InChI is InChI=1S/C30H26ClF5N4O3/c1-16-8-18-9-19(10-22(31)24(18)40-39-16)27(41)37-14-30(42-3,28(2,35)36)23-11-21-26(43-15-29(21,12-32)13-33)25(38-23)17-4-6-20(34)7-5-17/h4-11H,12-15H2,1-3H3,(H,37,41)/t30-/m0/s1. The molecule has 0 unspecified atom stereocenters. The van der Waals surface area contributed by atoms with Crippen molar-refractivity contribution in [2.45, 2.75) is 30.8 Å². The van der Waals surface area contributed by atoms with Crippen LogP contribution in [-0.2, 0) is 15.8 Å². The predicted molar refractivity (Wildman–Crippen MR) is 150 cm³/mol. The van der Waals surface area contributed by atoms with Gasteiger partial charge in [-0.05, 0) is 55.5 Å². The van der Waals surface area contributed by atoms with E-state index < -0.39 is 60.9 Å². The van der Waals surface area contributed by atoms with Crippen LogP contribution in [0.5, 0.6) is 5.75 Å². The van der Waals surface area contributed by atoms with E-state index in [1.54, 1.807) is 13.0 Å². The number of amides is 1. The summed E-state index contributed by atoms with van der Waals surface area (Å²) in [4.78, 5) is 17.7. The van der Waals surface area contributed by atoms with Crippen LogP contribution in [0.4, 0.5) is 22.0 Å². The van der Waals surface area contributed by atoms with Crippen molar-refractivity contribution in [3.05, 3.63) is 81.9 Å². The average Bonchev–Trinajstić information content (AvgIpc) is 3.35. The summed E-state index contributed by atoms with van der Waals surface area (Å²) in [7, 11) is 1.01. The maximum Gasteiger partial charge on any atom is 0.281 e. The number of nitrogens with one attached hydrogen (secondary N) is 1. The maximum atomic E-state index is 15.6. The van der Waals surface area contributed by atoms with Crippen molar-refractivity contribution < 1.29 is 36.2 Å². The summed E-state index contributed by atoms with van der Waals surface area (Å²) in [6, 6.07) is 10.5. The number of carbonyl (C=O) groups is 1. The molecule has 2 aromatic carbocycles. The minimum Gasteiger partial charge on any atom is -0.490 e. The molecule has 0 bridgehead atoms. The van der Waals surface area contributed by atoms with Gasteiger partial charge < -0.3 is 14.8 Å². The monoisotopic (exact) mass is 620 g/mol. The fraction of sp³-hybridized carbons (Fsp3) is 0.333. The molecule has 1 aliphatic heterocycles. The molecule has 0 saturated carbocycles. The number of aryl methyl sites for hydroxylation is 1. The number of hydrogen-bond acceptors (Lipinski definition) is 6. The fourth-order valence-electron chi connectivity index (χ4n) is 5.11. The van der Waals surface area contributed by atoms with E-state index >= 15 is 8.78 Å². The second-order valence-electron chi connectivity index (χ2n) is 10.6. The van der Waals surface area contributed by atoms with E-state index in [2.05, 4.69) is 20.5 Å². The quantitative estimate of drug-likeness (QED) is 0.222. The summed E-state index contributed by atoms with van der Waals surface area (Å²) in [5.74, 6) is -5.03. The lowest BCUT2D eigenvalue weighted by molar-refractivity contribution is -0.191. The van der Waals surface area contributed by atoms with E-state index in [4.69, 9.17) is 21.1 Å². The summed E-state index contributed by atoms with van der Waals surface area (Å²) in [6.45, 7) is -1.29. The Balaban J connectivity index is 1.62. The third-order valence-corrected chi connectivity index (χ3v) is 7.95. The third-order valence-electron chi connectivity index (χ3n) is 7.66. The minimum atomic E-state index is -3.70. The molecule has 1 amide bonds. The first-order valence-electron chi connectivity index (χ1n) is 13.1. The number of pyridine rings is 1. The highest BCUT2D eigenvalue weighted by Crippen LogP contribution is 2.48. The highest BCUT2D eigenvalue weighted by atomic mass is 35.5. The van der Waals surface area contributed by atoms with Gasteiger partial charge in [-0.2, -0.15) is 5.10 Å². The van der Waals surface area contributed by atoms with Crippen molar-refractivity contribution >= 4 is 28.4 Å². The SMILES string of the molecule is CO[C@@](CNC(=O)c1cc(Cl)c2nnc(C)cc2c1)(c1cc2c(c(-c3ccc(F)cc3)n1)OCC2(CF)CF)C(C)(F)F. The largest absolute Gasteiger partial charge is 0.490 e. The van der Waals surface area contributed by atoms with Gasteiger partial charge in [-0.15, -0.1) is 5.10 Å². The molecule has 3 heterocycles. The second-order valence-corrected chi connectivity index (χ2v) is 11.0. The summed E-state index contributed by atoms with van der Waals surface area (Å²) < 4.78 is 84.7. The van der Waals surface area contributed by atoms with Gasteiger partial charge in [0.25, 0.3) is 11.8 Å². The lowest BCUT2D eigenvalue weighted by atomic mass is 9.81. The summed E-state index contributed by atoms with van der Waals surface area (Å²) in [5.41, 5.74) is -3.63. The first-order valence-corrected chi connectivity index (χ1v) is 13.5. The molecule has 0 aliphatic carbocycles. The fourth-order valence-corrected chi connectivity index (χ4v) is 5.38. The van der Waals surface area contributed by atoms with Crippen molar-refractivity contribution in [2.75, 3.05) is 33.6 Å². The summed E-state index contributed by atoms with van der Waals surface area (Å²) in [5, 5.41) is 11.1. The van der Waals surface area contributed by atoms with Crippen LogP contribution in [0, 0.1) is 12.7 Å². The van der Waals surface area contributed by atoms with Crippen LogP contribution >= 0.6 is 11.6 Å². The molecule has 0 fully saturated rings. The Morgan fingerprint density at radius 1 is 1.12 bits per heavy atom. The van der Waals surface area contributed by atoms with Gasteiger partial charge >= 0.3 is 0 Å². The van der Waals surface area contributed by atoms with Gasteiger partial charge in [0.2, 0.25) is 0 Å². The molecule has 1 aliphatic rings. The normalized spacial score (nSPS) is 15.6. The number of nitrogens with zero attached hydrogens (tertiary/aromatic N) is 3. The topological polar surface area (TPSA) is 86.2 Å². The zero-order valence-corrected chi connectivity index (χ0v) is 24.0. The van der Waals surface area contributed by atoms with Crippen molar-refractivity contribution in [3.63, 3.8) is 0 Å². The molecule has 13 heteroatoms. The average molecular weight is 621 g/mol. The lowest BCUT2D eigenvalue weighted by Crippen LogP contribution is -2.53. The van der Waals surface area contributed by atoms with E-state index in [0.29, 0.717) is 23.5 Å². The first-order chi connectivity index (χ1) is 20.4. The van der Waals surface area contributed by atoms with Gasteiger partial charge in [-0.3, -0.25) is 4.79 Å². The maximum absolute atomic E-state index is 15.6. The van der Waals surface area contributed by atoms with E-state index in [1.165, 1.54) is 24.3 Å². The molecule has 5 rings (SSSR count). The van der Waals surface area contributed by atoms with Crippen molar-refractivity contribution in [3.8, 4) is 17.0 Å². The van der Waals surface area contributed by atoms with Crippen LogP contribution in [0.25, 0.3) is 22.2 Å². The number of benzene rings is 2. The van der Waals surface area contributed by atoms with E-state index in [1.807, 2.05) is 0 Å². The van der Waals surface area contributed by atoms with Gasteiger partial charge in [-0.25, -0.2) is 26.9 Å². The molecule has 43 heavy (non-hydrogen) atoms. The number of methoxy groups -OCH3 is 1. The van der Waals surface area contributed by atoms with Gasteiger partial charge in [0.15, 0.2) is 5.60 Å². The molecule has 2 aromatic heterocycles. The molecule has 0 radical (unpaired) electrons. The Morgan fingerprint density at radius 2 is 1.81 bits per heavy atom. The zero-order chi connectivity index (χ0) is 31.2. The molecular weight excluding hydrogens is 595 g/mol. The van der Waals surface area contributed by atoms with Crippen LogP contribution in [0.3, 0.4) is 0 Å². The molecule has 4 aromatic rings. The number of aromatic nitrogens is 3. The molecule has 1 atom stereocenters. The van der Waals surface area contributed by atoms with Crippen LogP contribution in [-0.4, -0.2) is 60.6 Å². The second kappa shape index (κ2) is 11.3. The molecular formula is C30H26ClF5N4O3. The van der Waals surface area contributed by atoms with Crippen molar-refractivity contribution in [1.82, 2.24) is 20.5 Å². The molecule has 0 spiro atoms. The predicted octanol–water partition coefficient (Wildman–Crippen LogP) is 6.29. The van der Waals surface area contributed by atoms with Crippen molar-refractivity contribution in [2.24, 2.45) is 0 Å². The van der Waals surface area contributed by atoms with Crippen molar-refractivity contribution in [1.29, 1.82) is 0 Å². The first kappa shape index (κ1) is 30.6. The van der Waals surface area contributed by atoms with Gasteiger partial charge in [0.1, 0.15) is 42.7 Å². The van der Waals surface area contributed by atoms with Crippen LogP contribution < -0.4 is 10.1 Å². The number of hydrogen-bond donors (Lipinski definition) is 1.